The Balaban J connectivity index is 2.13. The van der Waals surface area contributed by atoms with E-state index < -0.39 is 98.6 Å². The molecule has 2 aliphatic rings. The third-order valence-corrected chi connectivity index (χ3v) is 5.11. The molecule has 0 aromatic carbocycles. The number of ether oxygens (including phenoxy) is 3. The zero-order valence-electron chi connectivity index (χ0n) is 18.0. The minimum absolute atomic E-state index is 0.849. The third kappa shape index (κ3) is 6.71. The number of rotatable bonds is 6. The van der Waals surface area contributed by atoms with Gasteiger partial charge >= 0.3 is 18.1 Å². The lowest BCUT2D eigenvalue weighted by Gasteiger charge is -2.49. The fourth-order valence-electron chi connectivity index (χ4n) is 3.32. The molecule has 2 rings (SSSR count). The summed E-state index contributed by atoms with van der Waals surface area (Å²) in [5.74, 6) is -2.53. The Kier molecular flexibility index (Phi) is 10.1. The predicted octanol–water partition coefficient (Wildman–Crippen LogP) is -5.55. The van der Waals surface area contributed by atoms with Crippen LogP contribution in [-0.4, -0.2) is 133 Å². The Labute approximate surface area is 195 Å². The van der Waals surface area contributed by atoms with E-state index in [1.807, 2.05) is 0 Å². The molecular formula is C17H26O18. The van der Waals surface area contributed by atoms with Gasteiger partial charge in [-0.3, -0.25) is 0 Å². The lowest BCUT2D eigenvalue weighted by Crippen LogP contribution is -2.69. The molecule has 0 aromatic heterocycles. The van der Waals surface area contributed by atoms with Crippen molar-refractivity contribution in [3.05, 3.63) is 0 Å². The Morgan fingerprint density at radius 3 is 2.06 bits per heavy atom. The van der Waals surface area contributed by atoms with Gasteiger partial charge in [-0.15, -0.1) is 0 Å². The lowest BCUT2D eigenvalue weighted by molar-refractivity contribution is -0.376. The molecule has 202 valence electrons. The van der Waals surface area contributed by atoms with E-state index >= 15 is 0 Å². The monoisotopic (exact) mass is 518 g/mol. The molecule has 35 heavy (non-hydrogen) atoms. The van der Waals surface area contributed by atoms with E-state index in [0.29, 0.717) is 0 Å². The third-order valence-electron chi connectivity index (χ3n) is 5.11. The summed E-state index contributed by atoms with van der Waals surface area (Å²) in [5.41, 5.74) is -2.45. The van der Waals surface area contributed by atoms with Gasteiger partial charge in [-0.2, -0.15) is 4.79 Å². The summed E-state index contributed by atoms with van der Waals surface area (Å²) in [6, 6.07) is 0. The van der Waals surface area contributed by atoms with Crippen molar-refractivity contribution in [2.75, 3.05) is 13.2 Å². The highest BCUT2D eigenvalue weighted by Gasteiger charge is 2.57. The van der Waals surface area contributed by atoms with Crippen LogP contribution in [0.15, 0.2) is 0 Å². The molecule has 0 amide bonds. The average Bonchev–Trinajstić information content (AvgIpc) is 2.82. The van der Waals surface area contributed by atoms with E-state index in [0.717, 1.165) is 6.92 Å². The van der Waals surface area contributed by atoms with E-state index in [4.69, 9.17) is 14.2 Å². The van der Waals surface area contributed by atoms with Crippen LogP contribution in [0.1, 0.15) is 13.3 Å². The maximum absolute atomic E-state index is 12.1. The molecule has 18 nitrogen and oxygen atoms in total. The quantitative estimate of drug-likeness (QED) is 0.120. The molecule has 0 saturated carbocycles. The zero-order valence-corrected chi connectivity index (χ0v) is 18.0. The first-order valence-corrected chi connectivity index (χ1v) is 9.92. The number of aliphatic hydroxyl groups is 8. The van der Waals surface area contributed by atoms with E-state index in [2.05, 4.69) is 19.6 Å². The van der Waals surface area contributed by atoms with E-state index in [1.165, 1.54) is 0 Å². The van der Waals surface area contributed by atoms with Crippen LogP contribution in [0.25, 0.3) is 0 Å². The fourth-order valence-corrected chi connectivity index (χ4v) is 3.32. The Hall–Kier alpha value is -2.23. The van der Waals surface area contributed by atoms with Crippen molar-refractivity contribution >= 4 is 18.1 Å². The van der Waals surface area contributed by atoms with Gasteiger partial charge in [0.25, 0.3) is 0 Å². The molecule has 8 N–H and O–H groups in total. The van der Waals surface area contributed by atoms with Gasteiger partial charge in [-0.1, -0.05) is 0 Å². The number of hydrogen-bond donors (Lipinski definition) is 8. The molecule has 0 unspecified atom stereocenters. The highest BCUT2D eigenvalue weighted by Crippen LogP contribution is 2.35. The topological polar surface area (TPSA) is 278 Å². The molecule has 10 atom stereocenters. The van der Waals surface area contributed by atoms with Gasteiger partial charge in [0, 0.05) is 6.92 Å². The van der Waals surface area contributed by atoms with Crippen molar-refractivity contribution in [2.24, 2.45) is 0 Å². The minimum atomic E-state index is -2.45. The molecule has 2 fully saturated rings. The Morgan fingerprint density at radius 2 is 1.49 bits per heavy atom. The van der Waals surface area contributed by atoms with Crippen LogP contribution >= 0.6 is 0 Å². The number of aliphatic hydroxyl groups excluding tert-OH is 8. The zero-order chi connectivity index (χ0) is 26.5. The molecule has 0 radical (unpaired) electrons. The predicted molar refractivity (Wildman–Crippen MR) is 97.6 cm³/mol. The van der Waals surface area contributed by atoms with Gasteiger partial charge in [0.15, 0.2) is 12.6 Å². The van der Waals surface area contributed by atoms with Crippen LogP contribution in [0.5, 0.6) is 0 Å². The smallest absolute Gasteiger partial charge is 0.394 e. The number of carbonyl (C=O) groups excluding carboxylic acids is 3. The van der Waals surface area contributed by atoms with Gasteiger partial charge < -0.3 is 55.1 Å². The summed E-state index contributed by atoms with van der Waals surface area (Å²) in [5, 5.41) is 79.6. The van der Waals surface area contributed by atoms with Crippen LogP contribution in [0.4, 0.5) is 4.79 Å². The molecule has 0 spiro atoms. The van der Waals surface area contributed by atoms with Gasteiger partial charge in [0.1, 0.15) is 48.3 Å². The van der Waals surface area contributed by atoms with Crippen molar-refractivity contribution < 1.29 is 89.0 Å². The van der Waals surface area contributed by atoms with Gasteiger partial charge in [0.05, 0.1) is 19.6 Å². The summed E-state index contributed by atoms with van der Waals surface area (Å²) in [6.45, 7) is -1.18. The lowest BCUT2D eigenvalue weighted by atomic mass is 9.84. The second-order valence-corrected chi connectivity index (χ2v) is 7.59. The fraction of sp³-hybridized carbons (Fsp3) is 0.824. The highest BCUT2D eigenvalue weighted by molar-refractivity contribution is 5.72. The summed E-state index contributed by atoms with van der Waals surface area (Å²) < 4.78 is 15.5. The molecule has 18 heteroatoms. The van der Waals surface area contributed by atoms with Gasteiger partial charge in [0.2, 0.25) is 0 Å². The van der Waals surface area contributed by atoms with Gasteiger partial charge in [-0.05, 0) is 0 Å². The molecule has 2 heterocycles. The first-order chi connectivity index (χ1) is 16.4. The molecule has 2 saturated heterocycles. The maximum atomic E-state index is 12.1. The summed E-state index contributed by atoms with van der Waals surface area (Å²) in [7, 11) is 0. The second-order valence-electron chi connectivity index (χ2n) is 7.59. The van der Waals surface area contributed by atoms with Crippen LogP contribution in [0.2, 0.25) is 0 Å². The van der Waals surface area contributed by atoms with Crippen LogP contribution in [-0.2, 0) is 43.3 Å². The molecule has 0 bridgehead atoms. The van der Waals surface area contributed by atoms with Crippen LogP contribution < -0.4 is 0 Å². The largest absolute Gasteiger partial charge is 0.591 e. The summed E-state index contributed by atoms with van der Waals surface area (Å²) in [4.78, 5) is 49.4. The maximum Gasteiger partial charge on any atom is 0.591 e. The normalized spacial score (nSPS) is 39.4. The molecule has 0 aliphatic carbocycles. The second kappa shape index (κ2) is 12.1. The van der Waals surface area contributed by atoms with Gasteiger partial charge in [-0.25, -0.2) is 29.1 Å². The van der Waals surface area contributed by atoms with E-state index in [9.17, 15) is 55.2 Å². The molecule has 0 aromatic rings. The van der Waals surface area contributed by atoms with Crippen molar-refractivity contribution in [2.45, 2.75) is 74.3 Å². The summed E-state index contributed by atoms with van der Waals surface area (Å²) >= 11 is 0. The van der Waals surface area contributed by atoms with E-state index in [-0.39, 0.29) is 0 Å². The van der Waals surface area contributed by atoms with E-state index in [1.54, 1.807) is 0 Å². The van der Waals surface area contributed by atoms with Crippen molar-refractivity contribution in [3.63, 3.8) is 0 Å². The Bertz CT molecular complexity index is 745. The minimum Gasteiger partial charge on any atom is -0.394 e. The first kappa shape index (κ1) is 29.0. The highest BCUT2D eigenvalue weighted by atomic mass is 17.3. The SMILES string of the molecule is CC(=O)OOC(=O)OOC(=O)C[C@]1(CO)O[C@H](O[C@H]2[C@H](O)[C@@H](O)[C@H](O)O[C@@H]2CO)[C@H](O)[C@@H](O)[C@H]1O. The Morgan fingerprint density at radius 1 is 0.857 bits per heavy atom. The first-order valence-electron chi connectivity index (χ1n) is 9.92. The van der Waals surface area contributed by atoms with Crippen LogP contribution in [0.3, 0.4) is 0 Å². The van der Waals surface area contributed by atoms with Crippen molar-refractivity contribution in [1.29, 1.82) is 0 Å². The summed E-state index contributed by atoms with van der Waals surface area (Å²) in [6.07, 6.45) is -20.2. The number of hydrogen-bond acceptors (Lipinski definition) is 18. The molecule has 2 aliphatic heterocycles. The molecular weight excluding hydrogens is 492 g/mol. The number of carbonyl (C=O) groups is 3. The average molecular weight is 518 g/mol. The van der Waals surface area contributed by atoms with Crippen molar-refractivity contribution in [3.8, 4) is 0 Å². The van der Waals surface area contributed by atoms with Crippen LogP contribution in [0, 0.1) is 0 Å². The van der Waals surface area contributed by atoms with Crippen molar-refractivity contribution in [1.82, 2.24) is 0 Å². The standard InChI is InChI=1S/C17H26O18/c1-5(20)32-34-16(28)35-33-7(21)2-17(4-19)13(26)9(23)11(25)15(31-17)30-12-6(3-18)29-14(27)10(24)8(12)22/h6,8-15,18-19,22-27H,2-4H2,1H3/t6-,8-,9-,10-,11-,12-,13-,14-,15+,17-/m1/s1.